The molecule has 2 aromatic rings. The third-order valence-corrected chi connectivity index (χ3v) is 6.38. The summed E-state index contributed by atoms with van der Waals surface area (Å²) in [4.78, 5) is 27.2. The van der Waals surface area contributed by atoms with Crippen LogP contribution >= 0.6 is 15.9 Å². The van der Waals surface area contributed by atoms with Gasteiger partial charge in [0.15, 0.2) is 0 Å². The molecule has 31 heavy (non-hydrogen) atoms. The van der Waals surface area contributed by atoms with Gasteiger partial charge in [-0.05, 0) is 55.2 Å². The number of hydrogen-bond donors (Lipinski definition) is 0. The van der Waals surface area contributed by atoms with Gasteiger partial charge in [-0.3, -0.25) is 14.9 Å². The molecule has 2 aliphatic heterocycles. The van der Waals surface area contributed by atoms with Crippen molar-refractivity contribution in [1.29, 1.82) is 0 Å². The Balaban J connectivity index is 1.47. The quantitative estimate of drug-likeness (QED) is 0.432. The highest BCUT2D eigenvalue weighted by Crippen LogP contribution is 2.38. The molecule has 2 aromatic carbocycles. The number of benzene rings is 2. The zero-order valence-corrected chi connectivity index (χ0v) is 17.9. The van der Waals surface area contributed by atoms with Crippen LogP contribution in [-0.2, 0) is 17.4 Å². The fourth-order valence-electron chi connectivity index (χ4n) is 4.30. The van der Waals surface area contributed by atoms with Crippen LogP contribution in [0.2, 0.25) is 0 Å². The van der Waals surface area contributed by atoms with E-state index in [1.165, 1.54) is 0 Å². The van der Waals surface area contributed by atoms with Crippen LogP contribution < -0.4 is 9.80 Å². The maximum Gasteiger partial charge on any atom is 0.416 e. The van der Waals surface area contributed by atoms with Gasteiger partial charge in [0, 0.05) is 41.8 Å². The van der Waals surface area contributed by atoms with Crippen molar-refractivity contribution in [2.75, 3.05) is 29.4 Å². The van der Waals surface area contributed by atoms with Crippen LogP contribution in [0.1, 0.15) is 24.0 Å². The Bertz CT molecular complexity index is 1040. The van der Waals surface area contributed by atoms with Crippen LogP contribution in [0.15, 0.2) is 40.9 Å². The van der Waals surface area contributed by atoms with E-state index in [0.29, 0.717) is 38.5 Å². The fourth-order valence-corrected chi connectivity index (χ4v) is 4.71. The number of rotatable bonds is 3. The number of halogens is 4. The summed E-state index contributed by atoms with van der Waals surface area (Å²) in [5, 5.41) is 11.4. The predicted octanol–water partition coefficient (Wildman–Crippen LogP) is 5.18. The summed E-state index contributed by atoms with van der Waals surface area (Å²) >= 11 is 3.44. The molecule has 2 heterocycles. The van der Waals surface area contributed by atoms with Crippen LogP contribution in [-0.4, -0.2) is 30.5 Å². The van der Waals surface area contributed by atoms with E-state index >= 15 is 0 Å². The Morgan fingerprint density at radius 3 is 2.39 bits per heavy atom. The van der Waals surface area contributed by atoms with E-state index < -0.39 is 22.4 Å². The number of fused-ring (bicyclic) bond motifs is 1. The Kier molecular flexibility index (Phi) is 5.67. The maximum absolute atomic E-state index is 13.1. The van der Waals surface area contributed by atoms with Gasteiger partial charge in [0.2, 0.25) is 5.91 Å². The van der Waals surface area contributed by atoms with Crippen molar-refractivity contribution in [3.8, 4) is 0 Å². The van der Waals surface area contributed by atoms with Gasteiger partial charge >= 0.3 is 6.18 Å². The molecule has 0 atom stereocenters. The van der Waals surface area contributed by atoms with Gasteiger partial charge in [0.25, 0.3) is 5.69 Å². The summed E-state index contributed by atoms with van der Waals surface area (Å²) in [7, 11) is 0. The van der Waals surface area contributed by atoms with Gasteiger partial charge in [0.1, 0.15) is 5.69 Å². The van der Waals surface area contributed by atoms with Crippen LogP contribution in [0.3, 0.4) is 0 Å². The lowest BCUT2D eigenvalue weighted by Crippen LogP contribution is -2.42. The van der Waals surface area contributed by atoms with E-state index in [-0.39, 0.29) is 17.5 Å². The first kappa shape index (κ1) is 21.6. The smallest absolute Gasteiger partial charge is 0.366 e. The largest absolute Gasteiger partial charge is 0.416 e. The first-order chi connectivity index (χ1) is 14.6. The number of nitrogens with zero attached hydrogens (tertiary/aromatic N) is 3. The van der Waals surface area contributed by atoms with Gasteiger partial charge in [-0.2, -0.15) is 13.2 Å². The molecule has 0 radical (unpaired) electrons. The zero-order valence-electron chi connectivity index (χ0n) is 16.4. The molecule has 0 spiro atoms. The molecule has 2 aliphatic rings. The van der Waals surface area contributed by atoms with Gasteiger partial charge in [-0.25, -0.2) is 0 Å². The second-order valence-corrected chi connectivity index (χ2v) is 8.65. The molecule has 10 heteroatoms. The Labute approximate surface area is 184 Å². The number of carbonyl (C=O) groups is 1. The molecule has 1 fully saturated rings. The second-order valence-electron chi connectivity index (χ2n) is 7.73. The monoisotopic (exact) mass is 497 g/mol. The lowest BCUT2D eigenvalue weighted by atomic mass is 9.94. The molecular weight excluding hydrogens is 479 g/mol. The van der Waals surface area contributed by atoms with Crippen molar-refractivity contribution in [2.45, 2.75) is 25.4 Å². The molecule has 0 aromatic heterocycles. The highest BCUT2D eigenvalue weighted by atomic mass is 79.9. The molecule has 0 N–H and O–H groups in total. The zero-order chi connectivity index (χ0) is 22.3. The molecular formula is C21H19BrF3N3O3. The van der Waals surface area contributed by atoms with E-state index in [1.807, 2.05) is 18.2 Å². The standard InChI is InChI=1S/C21H19BrF3N3O3/c22-16-2-4-17-14(11-16)7-10-27(17)20(29)13-5-8-26(9-6-13)18-3-1-15(21(23,24)25)12-19(18)28(30)31/h1-4,11-13H,5-10H2. The molecule has 0 saturated carbocycles. The van der Waals surface area contributed by atoms with Crippen molar-refractivity contribution < 1.29 is 22.9 Å². The molecule has 0 bridgehead atoms. The Hall–Kier alpha value is -2.62. The van der Waals surface area contributed by atoms with Crippen molar-refractivity contribution >= 4 is 38.9 Å². The van der Waals surface area contributed by atoms with E-state index in [0.717, 1.165) is 34.3 Å². The van der Waals surface area contributed by atoms with Crippen molar-refractivity contribution in [1.82, 2.24) is 0 Å². The number of nitro groups is 1. The number of amides is 1. The minimum absolute atomic E-state index is 0.0302. The lowest BCUT2D eigenvalue weighted by molar-refractivity contribution is -0.384. The molecule has 0 unspecified atom stereocenters. The number of carbonyl (C=O) groups excluding carboxylic acids is 1. The van der Waals surface area contributed by atoms with Crippen molar-refractivity contribution in [3.05, 3.63) is 62.1 Å². The number of piperidine rings is 1. The average Bonchev–Trinajstić information content (AvgIpc) is 3.15. The molecule has 164 valence electrons. The number of alkyl halides is 3. The van der Waals surface area contributed by atoms with Crippen LogP contribution in [0.25, 0.3) is 0 Å². The summed E-state index contributed by atoms with van der Waals surface area (Å²) in [5.41, 5.74) is 0.556. The molecule has 6 nitrogen and oxygen atoms in total. The molecule has 1 amide bonds. The maximum atomic E-state index is 13.1. The van der Waals surface area contributed by atoms with E-state index in [2.05, 4.69) is 15.9 Å². The molecule has 0 aliphatic carbocycles. The highest BCUT2D eigenvalue weighted by Gasteiger charge is 2.36. The summed E-state index contributed by atoms with van der Waals surface area (Å²) in [6.07, 6.45) is -2.89. The Morgan fingerprint density at radius 1 is 1.06 bits per heavy atom. The first-order valence-electron chi connectivity index (χ1n) is 9.85. The normalized spacial score (nSPS) is 17.0. The summed E-state index contributed by atoms with van der Waals surface area (Å²) in [6.45, 7) is 1.35. The Morgan fingerprint density at radius 2 is 1.74 bits per heavy atom. The minimum atomic E-state index is -4.65. The third-order valence-electron chi connectivity index (χ3n) is 5.89. The lowest BCUT2D eigenvalue weighted by Gasteiger charge is -2.34. The summed E-state index contributed by atoms with van der Waals surface area (Å²) < 4.78 is 39.8. The fraction of sp³-hybridized carbons (Fsp3) is 0.381. The van der Waals surface area contributed by atoms with Gasteiger partial charge in [0.05, 0.1) is 10.5 Å². The minimum Gasteiger partial charge on any atom is -0.366 e. The van der Waals surface area contributed by atoms with Crippen LogP contribution in [0.5, 0.6) is 0 Å². The SMILES string of the molecule is O=C(C1CCN(c2ccc(C(F)(F)F)cc2[N+](=O)[O-])CC1)N1CCc2cc(Br)ccc21. The molecule has 4 rings (SSSR count). The average molecular weight is 498 g/mol. The number of anilines is 2. The summed E-state index contributed by atoms with van der Waals surface area (Å²) in [6, 6.07) is 8.42. The topological polar surface area (TPSA) is 66.7 Å². The van der Waals surface area contributed by atoms with E-state index in [1.54, 1.807) is 9.80 Å². The summed E-state index contributed by atoms with van der Waals surface area (Å²) in [5.74, 6) is -0.193. The number of hydrogen-bond acceptors (Lipinski definition) is 4. The van der Waals surface area contributed by atoms with Crippen molar-refractivity contribution in [3.63, 3.8) is 0 Å². The molecule has 1 saturated heterocycles. The van der Waals surface area contributed by atoms with E-state index in [9.17, 15) is 28.1 Å². The van der Waals surface area contributed by atoms with Gasteiger partial charge in [-0.15, -0.1) is 0 Å². The third kappa shape index (κ3) is 4.26. The van der Waals surface area contributed by atoms with Crippen LogP contribution in [0.4, 0.5) is 30.2 Å². The number of nitro benzene ring substituents is 1. The van der Waals surface area contributed by atoms with Gasteiger partial charge < -0.3 is 9.80 Å². The second kappa shape index (κ2) is 8.14. The van der Waals surface area contributed by atoms with E-state index in [4.69, 9.17) is 0 Å². The van der Waals surface area contributed by atoms with Gasteiger partial charge in [-0.1, -0.05) is 15.9 Å². The predicted molar refractivity (Wildman–Crippen MR) is 113 cm³/mol. The van der Waals surface area contributed by atoms with Crippen LogP contribution in [0, 0.1) is 16.0 Å². The first-order valence-corrected chi connectivity index (χ1v) is 10.6. The van der Waals surface area contributed by atoms with Crippen molar-refractivity contribution in [2.24, 2.45) is 5.92 Å². The highest BCUT2D eigenvalue weighted by molar-refractivity contribution is 9.10.